The van der Waals surface area contributed by atoms with E-state index in [0.29, 0.717) is 11.5 Å². The van der Waals surface area contributed by atoms with Crippen LogP contribution in [-0.2, 0) is 0 Å². The first kappa shape index (κ1) is 14.0. The summed E-state index contributed by atoms with van der Waals surface area (Å²) in [6.45, 7) is 5.78. The van der Waals surface area contributed by atoms with Gasteiger partial charge in [-0.3, -0.25) is 4.79 Å². The van der Waals surface area contributed by atoms with Gasteiger partial charge in [-0.15, -0.1) is 0 Å². The van der Waals surface area contributed by atoms with E-state index in [2.05, 4.69) is 20.6 Å². The van der Waals surface area contributed by atoms with Gasteiger partial charge in [0.1, 0.15) is 0 Å². The summed E-state index contributed by atoms with van der Waals surface area (Å²) < 4.78 is 0. The smallest absolute Gasteiger partial charge is 0.254 e. The molecule has 2 rings (SSSR count). The van der Waals surface area contributed by atoms with E-state index in [0.717, 1.165) is 5.69 Å². The molecule has 1 aromatic carbocycles. The van der Waals surface area contributed by atoms with Crippen molar-refractivity contribution in [2.75, 3.05) is 5.32 Å². The van der Waals surface area contributed by atoms with Crippen LogP contribution in [0.25, 0.3) is 0 Å². The third kappa shape index (κ3) is 4.05. The van der Waals surface area contributed by atoms with E-state index >= 15 is 0 Å². The van der Waals surface area contributed by atoms with Crippen molar-refractivity contribution in [1.29, 1.82) is 0 Å². The van der Waals surface area contributed by atoms with Crippen LogP contribution in [0.4, 0.5) is 11.6 Å². The Kier molecular flexibility index (Phi) is 3.98. The minimum absolute atomic E-state index is 0.177. The predicted octanol–water partition coefficient (Wildman–Crippen LogP) is 2.75. The Morgan fingerprint density at radius 1 is 1.05 bits per heavy atom. The number of aromatic nitrogens is 2. The molecule has 0 atom stereocenters. The second-order valence-electron chi connectivity index (χ2n) is 5.49. The lowest BCUT2D eigenvalue weighted by molar-refractivity contribution is 0.0919. The summed E-state index contributed by atoms with van der Waals surface area (Å²) in [4.78, 5) is 20.2. The minimum atomic E-state index is -0.280. The van der Waals surface area contributed by atoms with Crippen molar-refractivity contribution in [3.63, 3.8) is 0 Å². The maximum Gasteiger partial charge on any atom is 0.254 e. The molecule has 2 N–H and O–H groups in total. The molecule has 0 spiro atoms. The molecular formula is C15H18N4O. The predicted molar refractivity (Wildman–Crippen MR) is 79.0 cm³/mol. The van der Waals surface area contributed by atoms with Crippen LogP contribution in [0.2, 0.25) is 0 Å². The fraction of sp³-hybridized carbons (Fsp3) is 0.267. The molecule has 0 unspecified atom stereocenters. The fourth-order valence-corrected chi connectivity index (χ4v) is 1.57. The van der Waals surface area contributed by atoms with E-state index < -0.39 is 0 Å². The molecule has 0 bridgehead atoms. The average Bonchev–Trinajstić information content (AvgIpc) is 2.39. The van der Waals surface area contributed by atoms with Crippen LogP contribution < -0.4 is 10.6 Å². The third-order valence-electron chi connectivity index (χ3n) is 2.43. The largest absolute Gasteiger partial charge is 0.347 e. The van der Waals surface area contributed by atoms with Gasteiger partial charge in [0, 0.05) is 23.6 Å². The topological polar surface area (TPSA) is 66.9 Å². The van der Waals surface area contributed by atoms with Crippen molar-refractivity contribution in [3.05, 3.63) is 48.3 Å². The first-order valence-corrected chi connectivity index (χ1v) is 6.41. The Balaban J connectivity index is 2.05. The average molecular weight is 270 g/mol. The van der Waals surface area contributed by atoms with Crippen LogP contribution in [-0.4, -0.2) is 21.4 Å². The number of para-hydroxylation sites is 1. The Morgan fingerprint density at radius 2 is 1.65 bits per heavy atom. The highest BCUT2D eigenvalue weighted by molar-refractivity contribution is 5.94. The number of nitrogens with one attached hydrogen (secondary N) is 2. The second-order valence-corrected chi connectivity index (χ2v) is 5.49. The molecule has 1 aromatic heterocycles. The standard InChI is InChI=1S/C15H18N4O/c1-15(2,3)19-13(20)11-9-16-14(17-10-11)18-12-7-5-4-6-8-12/h4-10H,1-3H3,(H,19,20)(H,16,17,18). The van der Waals surface area contributed by atoms with E-state index in [1.165, 1.54) is 12.4 Å². The zero-order valence-electron chi connectivity index (χ0n) is 11.8. The lowest BCUT2D eigenvalue weighted by Crippen LogP contribution is -2.40. The van der Waals surface area contributed by atoms with Gasteiger partial charge in [0.25, 0.3) is 5.91 Å². The third-order valence-corrected chi connectivity index (χ3v) is 2.43. The van der Waals surface area contributed by atoms with Crippen LogP contribution in [0, 0.1) is 0 Å². The van der Waals surface area contributed by atoms with Crippen LogP contribution in [0.3, 0.4) is 0 Å². The number of amides is 1. The first-order chi connectivity index (χ1) is 9.44. The monoisotopic (exact) mass is 270 g/mol. The van der Waals surface area contributed by atoms with Gasteiger partial charge in [-0.05, 0) is 32.9 Å². The number of nitrogens with zero attached hydrogens (tertiary/aromatic N) is 2. The zero-order valence-corrected chi connectivity index (χ0v) is 11.8. The summed E-state index contributed by atoms with van der Waals surface area (Å²) in [5.41, 5.74) is 1.07. The van der Waals surface area contributed by atoms with Crippen LogP contribution in [0.5, 0.6) is 0 Å². The molecule has 2 aromatic rings. The molecule has 1 amide bonds. The zero-order chi connectivity index (χ0) is 14.6. The molecule has 0 saturated heterocycles. The van der Waals surface area contributed by atoms with Crippen molar-refractivity contribution in [2.24, 2.45) is 0 Å². The first-order valence-electron chi connectivity index (χ1n) is 6.41. The van der Waals surface area contributed by atoms with Gasteiger partial charge in [0.15, 0.2) is 0 Å². The number of carbonyl (C=O) groups is 1. The highest BCUT2D eigenvalue weighted by Gasteiger charge is 2.15. The molecule has 0 aliphatic carbocycles. The van der Waals surface area contributed by atoms with Gasteiger partial charge in [-0.1, -0.05) is 18.2 Å². The summed E-state index contributed by atoms with van der Waals surface area (Å²) in [5, 5.41) is 5.93. The van der Waals surface area contributed by atoms with Crippen LogP contribution in [0.1, 0.15) is 31.1 Å². The maximum atomic E-state index is 11.9. The summed E-state index contributed by atoms with van der Waals surface area (Å²) in [6.07, 6.45) is 3.03. The highest BCUT2D eigenvalue weighted by Crippen LogP contribution is 2.11. The van der Waals surface area contributed by atoms with Crippen molar-refractivity contribution in [2.45, 2.75) is 26.3 Å². The number of benzene rings is 1. The second kappa shape index (κ2) is 5.69. The maximum absolute atomic E-state index is 11.9. The van der Waals surface area contributed by atoms with Crippen LogP contribution in [0.15, 0.2) is 42.7 Å². The van der Waals surface area contributed by atoms with Gasteiger partial charge in [0.05, 0.1) is 5.56 Å². The summed E-state index contributed by atoms with van der Waals surface area (Å²) >= 11 is 0. The number of rotatable bonds is 3. The van der Waals surface area contributed by atoms with E-state index in [-0.39, 0.29) is 11.4 Å². The molecule has 5 nitrogen and oxygen atoms in total. The number of hydrogen-bond donors (Lipinski definition) is 2. The molecule has 0 radical (unpaired) electrons. The summed E-state index contributed by atoms with van der Waals surface area (Å²) in [5.74, 6) is 0.285. The summed E-state index contributed by atoms with van der Waals surface area (Å²) in [7, 11) is 0. The van der Waals surface area contributed by atoms with Crippen molar-refractivity contribution >= 4 is 17.5 Å². The molecule has 0 fully saturated rings. The van der Waals surface area contributed by atoms with Crippen molar-refractivity contribution < 1.29 is 4.79 Å². The lowest BCUT2D eigenvalue weighted by atomic mass is 10.1. The Labute approximate surface area is 118 Å². The quantitative estimate of drug-likeness (QED) is 0.900. The Hall–Kier alpha value is -2.43. The van der Waals surface area contributed by atoms with Crippen molar-refractivity contribution in [1.82, 2.24) is 15.3 Å². The summed E-state index contributed by atoms with van der Waals surface area (Å²) in [6, 6.07) is 9.63. The molecule has 1 heterocycles. The molecule has 0 aliphatic heterocycles. The van der Waals surface area contributed by atoms with Crippen molar-refractivity contribution in [3.8, 4) is 0 Å². The Morgan fingerprint density at radius 3 is 2.20 bits per heavy atom. The number of hydrogen-bond acceptors (Lipinski definition) is 4. The van der Waals surface area contributed by atoms with Gasteiger partial charge in [0.2, 0.25) is 5.95 Å². The van der Waals surface area contributed by atoms with Gasteiger partial charge in [-0.25, -0.2) is 9.97 Å². The number of carbonyl (C=O) groups excluding carboxylic acids is 1. The normalized spacial score (nSPS) is 10.9. The molecule has 5 heteroatoms. The molecule has 20 heavy (non-hydrogen) atoms. The SMILES string of the molecule is CC(C)(C)NC(=O)c1cnc(Nc2ccccc2)nc1. The minimum Gasteiger partial charge on any atom is -0.347 e. The molecular weight excluding hydrogens is 252 g/mol. The Bertz CT molecular complexity index is 573. The van der Waals surface area contributed by atoms with Gasteiger partial charge < -0.3 is 10.6 Å². The molecule has 0 aliphatic rings. The van der Waals surface area contributed by atoms with Crippen LogP contribution >= 0.6 is 0 Å². The van der Waals surface area contributed by atoms with Gasteiger partial charge in [-0.2, -0.15) is 0 Å². The van der Waals surface area contributed by atoms with E-state index in [1.54, 1.807) is 0 Å². The van der Waals surface area contributed by atoms with Gasteiger partial charge >= 0.3 is 0 Å². The van der Waals surface area contributed by atoms with E-state index in [1.807, 2.05) is 51.1 Å². The molecule has 104 valence electrons. The highest BCUT2D eigenvalue weighted by atomic mass is 16.1. The molecule has 0 saturated carbocycles. The lowest BCUT2D eigenvalue weighted by Gasteiger charge is -2.20. The van der Waals surface area contributed by atoms with E-state index in [9.17, 15) is 4.79 Å². The number of anilines is 2. The van der Waals surface area contributed by atoms with E-state index in [4.69, 9.17) is 0 Å². The fourth-order valence-electron chi connectivity index (χ4n) is 1.57.